The zero-order valence-electron chi connectivity index (χ0n) is 54.9. The maximum atomic E-state index is 12.4. The molecule has 0 bridgehead atoms. The summed E-state index contributed by atoms with van der Waals surface area (Å²) in [7, 11) is 5.55. The number of aromatic nitrogens is 6. The smallest absolute Gasteiger partial charge is 0.490 e. The van der Waals surface area contributed by atoms with E-state index in [1.807, 2.05) is 53.0 Å². The Kier molecular flexibility index (Phi) is 26.3. The Hall–Kier alpha value is -3.95. The first kappa shape index (κ1) is 71.9. The van der Waals surface area contributed by atoms with Crippen molar-refractivity contribution >= 4 is 119 Å². The van der Waals surface area contributed by atoms with Crippen LogP contribution in [0.25, 0.3) is 11.3 Å². The van der Waals surface area contributed by atoms with Gasteiger partial charge in [0.2, 0.25) is 23.7 Å². The minimum Gasteiger partial charge on any atom is -0.490 e. The lowest BCUT2D eigenvalue weighted by atomic mass is 9.75. The monoisotopic (exact) mass is 1470 g/mol. The molecule has 2 aromatic carbocycles. The van der Waals surface area contributed by atoms with Crippen LogP contribution < -0.4 is 55.8 Å². The molecule has 0 radical (unpaired) electrons. The maximum absolute atomic E-state index is 12.4. The van der Waals surface area contributed by atoms with E-state index in [0.29, 0.717) is 0 Å². The van der Waals surface area contributed by atoms with Gasteiger partial charge in [0.1, 0.15) is 25.5 Å². The molecule has 5 aromatic rings. The number of fused-ring (bicyclic) bond motifs is 2. The van der Waals surface area contributed by atoms with Gasteiger partial charge in [0.05, 0.1) is 40.5 Å². The lowest BCUT2D eigenvalue weighted by Gasteiger charge is -2.37. The molecule has 90 heavy (non-hydrogen) atoms. The van der Waals surface area contributed by atoms with Crippen LogP contribution in [-0.4, -0.2) is 166 Å². The number of carbonyl (C=O) groups excluding carboxylic acids is 2. The highest BCUT2D eigenvalue weighted by Gasteiger charge is 2.53. The Morgan fingerprint density at radius 2 is 1.01 bits per heavy atom. The lowest BCUT2D eigenvalue weighted by molar-refractivity contribution is -0.117. The Morgan fingerprint density at radius 3 is 1.40 bits per heavy atom. The number of nitrogens with zero attached hydrogens (tertiary/aromatic N) is 10. The number of imidazole rings is 3. The van der Waals surface area contributed by atoms with Crippen molar-refractivity contribution in [2.24, 2.45) is 21.1 Å². The SMILES string of the molecule is C1CNCCN1.CC(=O)N1c2ccc(-c3cn(C)c(N4CCNCC4)n3)c(OC3CCC3)c2CC[C@@H]1C.CC(=O)N1c2ccc(B3OC(C)(C)C(C)(C)O3)c(OC3CCC3)c2CC[C@@H]1C.CC(Cl)Cl.Cn1cc(Br)nc1Br.Cn1cc(Br)nc1N1CCNCC1. The summed E-state index contributed by atoms with van der Waals surface area (Å²) in [5.74, 6) is 4.03. The van der Waals surface area contributed by atoms with Crippen LogP contribution in [0.1, 0.15) is 125 Å². The number of alkyl halides is 2. The van der Waals surface area contributed by atoms with Crippen molar-refractivity contribution < 1.29 is 28.4 Å². The molecule has 4 saturated heterocycles. The van der Waals surface area contributed by atoms with Crippen molar-refractivity contribution in [3.8, 4) is 22.8 Å². The Morgan fingerprint density at radius 1 is 0.600 bits per heavy atom. The molecule has 8 aliphatic rings. The van der Waals surface area contributed by atoms with Gasteiger partial charge in [-0.15, -0.1) is 23.2 Å². The third-order valence-electron chi connectivity index (χ3n) is 17.9. The van der Waals surface area contributed by atoms with Crippen LogP contribution in [0.4, 0.5) is 23.3 Å². The molecule has 20 nitrogen and oxygen atoms in total. The summed E-state index contributed by atoms with van der Waals surface area (Å²) >= 11 is 19.9. The van der Waals surface area contributed by atoms with E-state index in [-0.39, 0.29) is 40.9 Å². The second kappa shape index (κ2) is 32.9. The van der Waals surface area contributed by atoms with Crippen molar-refractivity contribution in [3.05, 3.63) is 67.9 Å². The topological polar surface area (TPSA) is 186 Å². The molecule has 9 heterocycles. The highest BCUT2D eigenvalue weighted by atomic mass is 79.9. The first-order valence-electron chi connectivity index (χ1n) is 32.1. The molecule has 2 saturated carbocycles. The fourth-order valence-electron chi connectivity index (χ4n) is 11.9. The minimum absolute atomic E-state index is 0.0754. The molecule has 4 N–H and O–H groups in total. The van der Waals surface area contributed by atoms with Crippen LogP contribution in [-0.2, 0) is 52.9 Å². The van der Waals surface area contributed by atoms with Crippen molar-refractivity contribution in [2.75, 3.05) is 98.1 Å². The van der Waals surface area contributed by atoms with E-state index in [2.05, 4.69) is 165 Å². The number of aryl methyl sites for hydroxylation is 3. The summed E-state index contributed by atoms with van der Waals surface area (Å²) < 4.78 is 34.4. The van der Waals surface area contributed by atoms with E-state index in [4.69, 9.17) is 47.0 Å². The van der Waals surface area contributed by atoms with Gasteiger partial charge >= 0.3 is 7.12 Å². The summed E-state index contributed by atoms with van der Waals surface area (Å²) in [5, 5.41) is 13.2. The van der Waals surface area contributed by atoms with Gasteiger partial charge in [0.15, 0.2) is 4.73 Å². The van der Waals surface area contributed by atoms with Crippen molar-refractivity contribution in [1.29, 1.82) is 0 Å². The van der Waals surface area contributed by atoms with Gasteiger partial charge in [0, 0.05) is 166 Å². The number of piperazine rings is 3. The van der Waals surface area contributed by atoms with E-state index < -0.39 is 18.3 Å². The molecule has 2 aliphatic carbocycles. The summed E-state index contributed by atoms with van der Waals surface area (Å²) in [5.41, 5.74) is 6.38. The fraction of sp³-hybridized carbons (Fsp3) is 0.641. The third kappa shape index (κ3) is 18.5. The average Bonchev–Trinajstić information content (AvgIpc) is 1.44. The second-order valence-electron chi connectivity index (χ2n) is 25.4. The lowest BCUT2D eigenvalue weighted by Crippen LogP contribution is -2.44. The second-order valence-corrected chi connectivity index (χ2v) is 29.2. The van der Waals surface area contributed by atoms with Gasteiger partial charge in [-0.3, -0.25) is 9.59 Å². The van der Waals surface area contributed by atoms with E-state index in [1.54, 1.807) is 20.8 Å². The molecule has 26 heteroatoms. The maximum Gasteiger partial charge on any atom is 0.498 e. The quantitative estimate of drug-likeness (QED) is 0.0849. The van der Waals surface area contributed by atoms with Crippen LogP contribution in [0.3, 0.4) is 0 Å². The van der Waals surface area contributed by atoms with E-state index in [0.717, 1.165) is 206 Å². The number of halogens is 5. The van der Waals surface area contributed by atoms with Gasteiger partial charge < -0.3 is 73.4 Å². The highest BCUT2D eigenvalue weighted by molar-refractivity contribution is 9.11. The first-order chi connectivity index (χ1) is 42.8. The Labute approximate surface area is 569 Å². The van der Waals surface area contributed by atoms with Crippen molar-refractivity contribution in [2.45, 2.75) is 167 Å². The predicted molar refractivity (Wildman–Crippen MR) is 376 cm³/mol. The molecule has 2 atom stereocenters. The number of benzene rings is 2. The van der Waals surface area contributed by atoms with Crippen molar-refractivity contribution in [3.63, 3.8) is 0 Å². The van der Waals surface area contributed by atoms with E-state index >= 15 is 0 Å². The van der Waals surface area contributed by atoms with Gasteiger partial charge in [-0.1, -0.05) is 6.07 Å². The van der Waals surface area contributed by atoms with Crippen LogP contribution >= 0.6 is 71.0 Å². The summed E-state index contributed by atoms with van der Waals surface area (Å²) in [6.07, 6.45) is 17.0. The molecule has 0 spiro atoms. The number of ether oxygens (including phenoxy) is 2. The number of nitrogens with one attached hydrogen (secondary N) is 4. The molecule has 6 aliphatic heterocycles. The fourth-order valence-corrected chi connectivity index (χ4v) is 13.3. The average molecular weight is 1480 g/mol. The Balaban J connectivity index is 0.000000159. The zero-order valence-corrected chi connectivity index (χ0v) is 61.1. The van der Waals surface area contributed by atoms with Crippen LogP contribution in [0.2, 0.25) is 0 Å². The van der Waals surface area contributed by atoms with Gasteiger partial charge in [-0.2, -0.15) is 0 Å². The number of amides is 2. The summed E-state index contributed by atoms with van der Waals surface area (Å²) in [6, 6.07) is 8.67. The van der Waals surface area contributed by atoms with Gasteiger partial charge in [-0.25, -0.2) is 15.0 Å². The van der Waals surface area contributed by atoms with E-state index in [1.165, 1.54) is 12.8 Å². The normalized spacial score (nSPS) is 21.0. The van der Waals surface area contributed by atoms with Crippen LogP contribution in [0, 0.1) is 0 Å². The molecular formula is C64H96BBr3Cl2N14O6. The molecule has 13 rings (SSSR count). The van der Waals surface area contributed by atoms with E-state index in [9.17, 15) is 9.59 Å². The number of carbonyl (C=O) groups is 2. The molecule has 6 fully saturated rings. The van der Waals surface area contributed by atoms with Crippen LogP contribution in [0.5, 0.6) is 11.5 Å². The molecule has 2 amide bonds. The largest absolute Gasteiger partial charge is 0.498 e. The standard InChI is InChI=1S/C24H33N5O2.C22H32BNO4.C8H13BrN4.C4H4Br2N2.C4H10N2.C2H4Cl2/c1-16-7-8-20-22(29(16)17(2)30)10-9-19(23(20)31-18-5-4-6-18)21-15-27(3)24(26-21)28-13-11-25-12-14-28;1-14-10-11-17-19(24(14)15(2)25)13-12-18(20(17)26-16-8-7-9-16)23-27-21(3,4)22(5,6)28-23;1-12-6-7(9)11-8(12)13-4-2-10-3-5-13;1-8-2-3(5)7-4(8)6;1-2-6-4-3-5-1;1-2(3)4/h9-10,15-16,18,25H,4-8,11-14H2,1-3H3;12-14,16H,7-11H2,1-6H3;6,10H,2-5H2,1H3;2H,1H3;5-6H,1-4H2;2H,1H3/t16-;14-;;;;/m00..../s1. The first-order valence-corrected chi connectivity index (χ1v) is 35.4. The van der Waals surface area contributed by atoms with Crippen LogP contribution in [0.15, 0.2) is 56.8 Å². The molecule has 496 valence electrons. The predicted octanol–water partition coefficient (Wildman–Crippen LogP) is 10.2. The number of hydrogen-bond acceptors (Lipinski definition) is 15. The minimum atomic E-state index is -0.462. The van der Waals surface area contributed by atoms with Gasteiger partial charge in [0.25, 0.3) is 0 Å². The zero-order chi connectivity index (χ0) is 65.0. The van der Waals surface area contributed by atoms with Gasteiger partial charge in [-0.05, 0) is 179 Å². The molecule has 3 aromatic heterocycles. The summed E-state index contributed by atoms with van der Waals surface area (Å²) in [6.45, 7) is 30.1. The highest BCUT2D eigenvalue weighted by Crippen LogP contribution is 2.46. The number of rotatable bonds is 8. The summed E-state index contributed by atoms with van der Waals surface area (Å²) in [4.78, 5) is 46.4. The third-order valence-corrected chi connectivity index (χ3v) is 19.4. The molecular weight excluding hydrogens is 1380 g/mol. The molecule has 0 unspecified atom stereocenters. The Bertz CT molecular complexity index is 3110. The number of hydrogen-bond donors (Lipinski definition) is 4. The van der Waals surface area contributed by atoms with Crippen molar-refractivity contribution in [1.82, 2.24) is 49.9 Å². The number of anilines is 4.